The second-order valence-electron chi connectivity index (χ2n) is 6.15. The molecule has 126 valence electrons. The maximum absolute atomic E-state index is 12.3. The molecule has 0 unspecified atom stereocenters. The lowest BCUT2D eigenvalue weighted by molar-refractivity contribution is 0.102. The van der Waals surface area contributed by atoms with Crippen LogP contribution in [0.1, 0.15) is 30.3 Å². The first-order valence-corrected chi connectivity index (χ1v) is 8.76. The Balaban J connectivity index is 1.68. The van der Waals surface area contributed by atoms with Crippen molar-refractivity contribution in [2.24, 2.45) is 5.92 Å². The molecular formula is C18H19Cl2N3O. The van der Waals surface area contributed by atoms with Crippen LogP contribution in [0.5, 0.6) is 0 Å². The van der Waals surface area contributed by atoms with E-state index in [0.717, 1.165) is 24.7 Å². The first-order chi connectivity index (χ1) is 11.5. The molecule has 6 heteroatoms. The predicted octanol–water partition coefficient (Wildman–Crippen LogP) is 4.88. The van der Waals surface area contributed by atoms with Gasteiger partial charge in [-0.25, -0.2) is 4.98 Å². The molecule has 1 aromatic heterocycles. The van der Waals surface area contributed by atoms with Crippen molar-refractivity contribution >= 4 is 40.5 Å². The molecule has 1 amide bonds. The Bertz CT molecular complexity index is 726. The van der Waals surface area contributed by atoms with Gasteiger partial charge in [-0.2, -0.15) is 0 Å². The standard InChI is InChI=1S/C18H19Cl2N3O/c1-12-6-8-23(9-7-12)14-3-5-16(21-11-14)18(24)22-17-10-13(19)2-4-15(17)20/h2-5,10-12H,6-9H2,1H3,(H,22,24). The highest BCUT2D eigenvalue weighted by molar-refractivity contribution is 6.35. The predicted molar refractivity (Wildman–Crippen MR) is 99.3 cm³/mol. The highest BCUT2D eigenvalue weighted by Gasteiger charge is 2.17. The molecule has 1 aliphatic heterocycles. The van der Waals surface area contributed by atoms with E-state index in [-0.39, 0.29) is 5.91 Å². The zero-order valence-electron chi connectivity index (χ0n) is 13.4. The molecule has 1 saturated heterocycles. The number of hydrogen-bond acceptors (Lipinski definition) is 3. The first kappa shape index (κ1) is 17.1. The summed E-state index contributed by atoms with van der Waals surface area (Å²) < 4.78 is 0. The molecule has 0 bridgehead atoms. The van der Waals surface area contributed by atoms with Gasteiger partial charge in [-0.1, -0.05) is 30.1 Å². The minimum absolute atomic E-state index is 0.307. The summed E-state index contributed by atoms with van der Waals surface area (Å²) in [5, 5.41) is 3.69. The van der Waals surface area contributed by atoms with Gasteiger partial charge in [0.15, 0.2) is 0 Å². The van der Waals surface area contributed by atoms with Crippen molar-refractivity contribution < 1.29 is 4.79 Å². The van der Waals surface area contributed by atoms with Gasteiger partial charge < -0.3 is 10.2 Å². The van der Waals surface area contributed by atoms with E-state index >= 15 is 0 Å². The average Bonchev–Trinajstić information content (AvgIpc) is 2.59. The second-order valence-corrected chi connectivity index (χ2v) is 6.99. The molecule has 1 fully saturated rings. The van der Waals surface area contributed by atoms with Crippen LogP contribution in [0.3, 0.4) is 0 Å². The first-order valence-electron chi connectivity index (χ1n) is 8.00. The minimum atomic E-state index is -0.307. The van der Waals surface area contributed by atoms with Crippen LogP contribution in [0.2, 0.25) is 10.0 Å². The van der Waals surface area contributed by atoms with Crippen LogP contribution in [0, 0.1) is 5.92 Å². The lowest BCUT2D eigenvalue weighted by atomic mass is 9.99. The fourth-order valence-corrected chi connectivity index (χ4v) is 3.09. The van der Waals surface area contributed by atoms with Gasteiger partial charge in [0.25, 0.3) is 5.91 Å². The van der Waals surface area contributed by atoms with Crippen molar-refractivity contribution in [1.29, 1.82) is 0 Å². The number of aromatic nitrogens is 1. The highest BCUT2D eigenvalue weighted by atomic mass is 35.5. The summed E-state index contributed by atoms with van der Waals surface area (Å²) in [6, 6.07) is 8.61. The fourth-order valence-electron chi connectivity index (χ4n) is 2.75. The van der Waals surface area contributed by atoms with Crippen LogP contribution in [0.4, 0.5) is 11.4 Å². The number of nitrogens with one attached hydrogen (secondary N) is 1. The number of hydrogen-bond donors (Lipinski definition) is 1. The number of nitrogens with zero attached hydrogens (tertiary/aromatic N) is 2. The summed E-state index contributed by atoms with van der Waals surface area (Å²) >= 11 is 12.0. The normalized spacial score (nSPS) is 15.4. The summed E-state index contributed by atoms with van der Waals surface area (Å²) in [4.78, 5) is 18.9. The molecule has 4 nitrogen and oxygen atoms in total. The number of piperidine rings is 1. The molecule has 0 spiro atoms. The summed E-state index contributed by atoms with van der Waals surface area (Å²) in [5.41, 5.74) is 1.88. The van der Waals surface area contributed by atoms with Crippen molar-refractivity contribution in [2.45, 2.75) is 19.8 Å². The van der Waals surface area contributed by atoms with Crippen LogP contribution in [0.15, 0.2) is 36.5 Å². The molecule has 3 rings (SSSR count). The zero-order valence-corrected chi connectivity index (χ0v) is 14.9. The van der Waals surface area contributed by atoms with E-state index in [0.29, 0.717) is 21.4 Å². The SMILES string of the molecule is CC1CCN(c2ccc(C(=O)Nc3cc(Cl)ccc3Cl)nc2)CC1. The van der Waals surface area contributed by atoms with Gasteiger partial charge in [0.05, 0.1) is 22.6 Å². The summed E-state index contributed by atoms with van der Waals surface area (Å²) in [7, 11) is 0. The number of benzene rings is 1. The number of carbonyl (C=O) groups excluding carboxylic acids is 1. The van der Waals surface area contributed by atoms with Crippen LogP contribution < -0.4 is 10.2 Å². The third-order valence-corrected chi connectivity index (χ3v) is 4.87. The molecular weight excluding hydrogens is 345 g/mol. The Hall–Kier alpha value is -1.78. The summed E-state index contributed by atoms with van der Waals surface area (Å²) in [5.74, 6) is 0.472. The monoisotopic (exact) mass is 363 g/mol. The fraction of sp³-hybridized carbons (Fsp3) is 0.333. The van der Waals surface area contributed by atoms with E-state index in [1.54, 1.807) is 30.5 Å². The maximum atomic E-state index is 12.3. The van der Waals surface area contributed by atoms with Crippen LogP contribution in [-0.2, 0) is 0 Å². The Morgan fingerprint density at radius 3 is 2.62 bits per heavy atom. The third-order valence-electron chi connectivity index (χ3n) is 4.31. The van der Waals surface area contributed by atoms with Crippen molar-refractivity contribution in [3.63, 3.8) is 0 Å². The number of rotatable bonds is 3. The molecule has 0 aliphatic carbocycles. The molecule has 2 aromatic rings. The molecule has 0 radical (unpaired) electrons. The maximum Gasteiger partial charge on any atom is 0.274 e. The quantitative estimate of drug-likeness (QED) is 0.845. The molecule has 0 saturated carbocycles. The molecule has 0 atom stereocenters. The minimum Gasteiger partial charge on any atom is -0.370 e. The van der Waals surface area contributed by atoms with Gasteiger partial charge in [0.2, 0.25) is 0 Å². The summed E-state index contributed by atoms with van der Waals surface area (Å²) in [6.07, 6.45) is 4.13. The Morgan fingerprint density at radius 2 is 1.96 bits per heavy atom. The molecule has 1 N–H and O–H groups in total. The van der Waals surface area contributed by atoms with Gasteiger partial charge in [-0.3, -0.25) is 4.79 Å². The Kier molecular flexibility index (Phi) is 5.27. The number of halogens is 2. The summed E-state index contributed by atoms with van der Waals surface area (Å²) in [6.45, 7) is 4.35. The molecule has 1 aliphatic rings. The third kappa shape index (κ3) is 4.00. The lowest BCUT2D eigenvalue weighted by Crippen LogP contribution is -2.32. The van der Waals surface area contributed by atoms with E-state index in [1.165, 1.54) is 12.8 Å². The van der Waals surface area contributed by atoms with Crippen molar-refractivity contribution in [3.05, 3.63) is 52.3 Å². The average molecular weight is 364 g/mol. The lowest BCUT2D eigenvalue weighted by Gasteiger charge is -2.31. The van der Waals surface area contributed by atoms with E-state index in [4.69, 9.17) is 23.2 Å². The topological polar surface area (TPSA) is 45.2 Å². The van der Waals surface area contributed by atoms with E-state index in [9.17, 15) is 4.79 Å². The highest BCUT2D eigenvalue weighted by Crippen LogP contribution is 2.26. The molecule has 24 heavy (non-hydrogen) atoms. The smallest absolute Gasteiger partial charge is 0.274 e. The van der Waals surface area contributed by atoms with E-state index < -0.39 is 0 Å². The van der Waals surface area contributed by atoms with Crippen LogP contribution in [-0.4, -0.2) is 24.0 Å². The van der Waals surface area contributed by atoms with Crippen LogP contribution in [0.25, 0.3) is 0 Å². The number of amides is 1. The van der Waals surface area contributed by atoms with Crippen LogP contribution >= 0.6 is 23.2 Å². The van der Waals surface area contributed by atoms with Gasteiger partial charge in [-0.15, -0.1) is 0 Å². The van der Waals surface area contributed by atoms with Gasteiger partial charge in [-0.05, 0) is 49.1 Å². The Labute approximate surface area is 151 Å². The van der Waals surface area contributed by atoms with Gasteiger partial charge in [0, 0.05) is 18.1 Å². The number of carbonyl (C=O) groups is 1. The van der Waals surface area contributed by atoms with Gasteiger partial charge in [0.1, 0.15) is 5.69 Å². The number of pyridine rings is 1. The van der Waals surface area contributed by atoms with Crippen molar-refractivity contribution in [3.8, 4) is 0 Å². The van der Waals surface area contributed by atoms with E-state index in [2.05, 4.69) is 22.1 Å². The van der Waals surface area contributed by atoms with Gasteiger partial charge >= 0.3 is 0 Å². The molecule has 1 aromatic carbocycles. The molecule has 2 heterocycles. The largest absolute Gasteiger partial charge is 0.370 e. The zero-order chi connectivity index (χ0) is 17.1. The van der Waals surface area contributed by atoms with Crippen molar-refractivity contribution in [2.75, 3.05) is 23.3 Å². The Morgan fingerprint density at radius 1 is 1.21 bits per heavy atom. The van der Waals surface area contributed by atoms with Crippen molar-refractivity contribution in [1.82, 2.24) is 4.98 Å². The number of anilines is 2. The second kappa shape index (κ2) is 7.41. The van der Waals surface area contributed by atoms with E-state index in [1.807, 2.05) is 6.07 Å².